The first kappa shape index (κ1) is 6.19. The lowest BCUT2D eigenvalue weighted by molar-refractivity contribution is 1.47. The van der Waals surface area contributed by atoms with E-state index in [2.05, 4.69) is 21.5 Å². The van der Waals surface area contributed by atoms with Gasteiger partial charge in [-0.05, 0) is 0 Å². The van der Waals surface area contributed by atoms with E-state index in [9.17, 15) is 0 Å². The Kier molecular flexibility index (Phi) is 3.50. The smallest absolute Gasteiger partial charge is 0.0816 e. The number of hydrogen-bond donors (Lipinski definition) is 0. The van der Waals surface area contributed by atoms with Crippen molar-refractivity contribution in [1.29, 1.82) is 0 Å². The highest BCUT2D eigenvalue weighted by molar-refractivity contribution is 7.34. The monoisotopic (exact) mass is 80.1 g/mol. The SMILES string of the molecule is BB(C)BCC. The molecule has 0 radical (unpaired) electrons. The second-order valence-corrected chi connectivity index (χ2v) is 2.18. The molecule has 0 saturated carbocycles. The van der Waals surface area contributed by atoms with E-state index in [4.69, 9.17) is 0 Å². The molecule has 0 bridgehead atoms. The molecule has 0 saturated heterocycles. The van der Waals surface area contributed by atoms with Crippen LogP contribution in [0.15, 0.2) is 0 Å². The van der Waals surface area contributed by atoms with Gasteiger partial charge in [-0.1, -0.05) is 20.1 Å². The summed E-state index contributed by atoms with van der Waals surface area (Å²) < 4.78 is 0. The van der Waals surface area contributed by atoms with Crippen molar-refractivity contribution in [2.75, 3.05) is 0 Å². The van der Waals surface area contributed by atoms with Gasteiger partial charge in [0, 0.05) is 0 Å². The molecule has 0 spiro atoms. The van der Waals surface area contributed by atoms with Gasteiger partial charge in [0.25, 0.3) is 0 Å². The minimum absolute atomic E-state index is 0.898. The predicted octanol–water partition coefficient (Wildman–Crippen LogP) is -0.388. The van der Waals surface area contributed by atoms with E-state index in [0.717, 1.165) is 6.49 Å². The third-order valence-corrected chi connectivity index (χ3v) is 0.866. The maximum atomic E-state index is 2.25. The molecule has 0 N–H and O–H groups in total. The van der Waals surface area contributed by atoms with E-state index in [1.807, 2.05) is 0 Å². The van der Waals surface area contributed by atoms with Crippen LogP contribution in [0.1, 0.15) is 6.92 Å². The van der Waals surface area contributed by atoms with Crippen molar-refractivity contribution in [1.82, 2.24) is 0 Å². The van der Waals surface area contributed by atoms with Gasteiger partial charge in [0.15, 0.2) is 0 Å². The van der Waals surface area contributed by atoms with Crippen LogP contribution in [0.25, 0.3) is 0 Å². The second kappa shape index (κ2) is 3.39. The highest BCUT2D eigenvalue weighted by Crippen LogP contribution is 1.74. The van der Waals surface area contributed by atoms with Gasteiger partial charge in [0.1, 0.15) is 0 Å². The van der Waals surface area contributed by atoms with Gasteiger partial charge in [-0.2, -0.15) is 0 Å². The Labute approximate surface area is 42.4 Å². The Hall–Kier alpha value is 0.195. The summed E-state index contributed by atoms with van der Waals surface area (Å²) in [5.41, 5.74) is 0. The summed E-state index contributed by atoms with van der Waals surface area (Å²) in [6.07, 6.45) is 1.33. The Morgan fingerprint density at radius 2 is 2.33 bits per heavy atom. The molecule has 0 aromatic carbocycles. The van der Waals surface area contributed by atoms with Crippen molar-refractivity contribution in [2.24, 2.45) is 0 Å². The standard InChI is InChI=1S/C3H11B3/c1-3-5-6(2)4/h5H,3-4H2,1-2H3. The lowest BCUT2D eigenvalue weighted by atomic mass is 9.11. The van der Waals surface area contributed by atoms with Crippen molar-refractivity contribution in [2.45, 2.75) is 20.1 Å². The maximum Gasteiger partial charge on any atom is 0.0816 e. The summed E-state index contributed by atoms with van der Waals surface area (Å²) in [5, 5.41) is 0. The first-order valence-corrected chi connectivity index (χ1v) is 2.77. The zero-order valence-electron chi connectivity index (χ0n) is 4.99. The third kappa shape index (κ3) is 4.19. The average Bonchev–Trinajstić information content (AvgIpc) is 1.35. The highest BCUT2D eigenvalue weighted by Gasteiger charge is 1.93. The summed E-state index contributed by atoms with van der Waals surface area (Å²) in [6, 6.07) is 0. The van der Waals surface area contributed by atoms with Gasteiger partial charge in [0.2, 0.25) is 0 Å². The number of hydrogen-bond acceptors (Lipinski definition) is 0. The minimum Gasteiger partial charge on any atom is -0.0996 e. The topological polar surface area (TPSA) is 0 Å². The molecule has 0 heterocycles. The lowest BCUT2D eigenvalue weighted by Crippen LogP contribution is -2.16. The molecule has 0 rings (SSSR count). The number of rotatable bonds is 2. The molecule has 0 aromatic heterocycles. The van der Waals surface area contributed by atoms with Gasteiger partial charge >= 0.3 is 0 Å². The normalized spacial score (nSPS) is 7.67. The van der Waals surface area contributed by atoms with Gasteiger partial charge in [-0.15, -0.1) is 0 Å². The highest BCUT2D eigenvalue weighted by atomic mass is 13.3. The third-order valence-electron chi connectivity index (χ3n) is 0.866. The summed E-state index contributed by atoms with van der Waals surface area (Å²) in [6.45, 7) is 5.37. The van der Waals surface area contributed by atoms with Crippen LogP contribution in [0.2, 0.25) is 13.1 Å². The van der Waals surface area contributed by atoms with E-state index < -0.39 is 0 Å². The van der Waals surface area contributed by atoms with E-state index in [1.54, 1.807) is 0 Å². The van der Waals surface area contributed by atoms with Crippen LogP contribution >= 0.6 is 0 Å². The Morgan fingerprint density at radius 1 is 1.83 bits per heavy atom. The largest absolute Gasteiger partial charge is 0.0996 e. The molecule has 0 aliphatic heterocycles. The zero-order chi connectivity index (χ0) is 4.99. The van der Waals surface area contributed by atoms with Crippen LogP contribution in [0.4, 0.5) is 0 Å². The minimum atomic E-state index is 0.898. The molecule has 0 aliphatic rings. The van der Waals surface area contributed by atoms with E-state index >= 15 is 0 Å². The predicted molar refractivity (Wildman–Crippen MR) is 37.8 cm³/mol. The Balaban J connectivity index is 2.63. The molecule has 0 atom stereocenters. The molecule has 32 valence electrons. The zero-order valence-corrected chi connectivity index (χ0v) is 4.99. The first-order chi connectivity index (χ1) is 2.77. The molecule has 0 nitrogen and oxygen atoms in total. The molecule has 3 heteroatoms. The molecule has 0 aromatic rings. The average molecular weight is 79.6 g/mol. The van der Waals surface area contributed by atoms with Crippen molar-refractivity contribution in [3.8, 4) is 0 Å². The van der Waals surface area contributed by atoms with Crippen LogP contribution in [-0.2, 0) is 0 Å². The van der Waals surface area contributed by atoms with E-state index in [0.29, 0.717) is 0 Å². The van der Waals surface area contributed by atoms with Crippen molar-refractivity contribution in [3.63, 3.8) is 0 Å². The van der Waals surface area contributed by atoms with Gasteiger partial charge in [-0.3, -0.25) is 0 Å². The second-order valence-electron chi connectivity index (χ2n) is 2.18. The fraction of sp³-hybridized carbons (Fsp3) is 1.00. The van der Waals surface area contributed by atoms with Crippen molar-refractivity contribution >= 4 is 21.4 Å². The van der Waals surface area contributed by atoms with Crippen LogP contribution in [0.3, 0.4) is 0 Å². The van der Waals surface area contributed by atoms with Gasteiger partial charge < -0.3 is 0 Å². The molecule has 0 unspecified atom stereocenters. The molecule has 0 fully saturated rings. The molecule has 6 heavy (non-hydrogen) atoms. The van der Waals surface area contributed by atoms with Crippen LogP contribution in [0, 0.1) is 0 Å². The maximum absolute atomic E-state index is 2.25. The van der Waals surface area contributed by atoms with Gasteiger partial charge in [-0.25, -0.2) is 0 Å². The quantitative estimate of drug-likeness (QED) is 0.396. The summed E-state index contributed by atoms with van der Waals surface area (Å²) >= 11 is 0. The summed E-state index contributed by atoms with van der Waals surface area (Å²) in [5.74, 6) is 0. The Bertz CT molecular complexity index is 27.2. The molecule has 0 aliphatic carbocycles. The molecular weight excluding hydrogens is 68.5 g/mol. The fourth-order valence-corrected chi connectivity index (χ4v) is 0.577. The molecular formula is C3H11B3. The molecule has 0 amide bonds. The van der Waals surface area contributed by atoms with Gasteiger partial charge in [0.05, 0.1) is 21.4 Å². The van der Waals surface area contributed by atoms with E-state index in [-0.39, 0.29) is 0 Å². The lowest BCUT2D eigenvalue weighted by Gasteiger charge is -1.88. The van der Waals surface area contributed by atoms with Crippen molar-refractivity contribution < 1.29 is 0 Å². The van der Waals surface area contributed by atoms with Crippen LogP contribution in [0.5, 0.6) is 0 Å². The van der Waals surface area contributed by atoms with Crippen LogP contribution in [-0.4, -0.2) is 21.4 Å². The summed E-state index contributed by atoms with van der Waals surface area (Å²) in [4.78, 5) is 0. The Morgan fingerprint density at radius 3 is 2.33 bits per heavy atom. The van der Waals surface area contributed by atoms with Crippen molar-refractivity contribution in [3.05, 3.63) is 0 Å². The first-order valence-electron chi connectivity index (χ1n) is 2.77. The fourth-order valence-electron chi connectivity index (χ4n) is 0.577. The van der Waals surface area contributed by atoms with Crippen LogP contribution < -0.4 is 0 Å². The summed E-state index contributed by atoms with van der Waals surface area (Å²) in [7, 11) is 3.63. The van der Waals surface area contributed by atoms with E-state index in [1.165, 1.54) is 13.5 Å².